The van der Waals surface area contributed by atoms with Gasteiger partial charge < -0.3 is 9.05 Å². The number of hydrogen-bond donors (Lipinski definition) is 0. The second-order valence-electron chi connectivity index (χ2n) is 2.22. The number of hydrogen-bond acceptors (Lipinski definition) is 3. The van der Waals surface area contributed by atoms with Crippen molar-refractivity contribution in [3.05, 3.63) is 0 Å². The van der Waals surface area contributed by atoms with Gasteiger partial charge in [0.15, 0.2) is 0 Å². The Balaban J connectivity index is 4.27. The van der Waals surface area contributed by atoms with Crippen molar-refractivity contribution in [1.29, 1.82) is 0 Å². The molecule has 0 fully saturated rings. The van der Waals surface area contributed by atoms with Crippen LogP contribution in [0, 0.1) is 0 Å². The number of alkyl halides is 1. The van der Waals surface area contributed by atoms with Crippen molar-refractivity contribution < 1.29 is 13.6 Å². The first-order chi connectivity index (χ1) is 5.60. The lowest BCUT2D eigenvalue weighted by atomic mass is 10.6. The molecule has 0 heterocycles. The van der Waals surface area contributed by atoms with Crippen molar-refractivity contribution in [2.45, 2.75) is 31.8 Å². The minimum Gasteiger partial charge on any atom is -0.308 e. The summed E-state index contributed by atoms with van der Waals surface area (Å²) in [6.07, 6.45) is 0.733. The van der Waals surface area contributed by atoms with Gasteiger partial charge in [-0.15, -0.1) is 0 Å². The molecular weight excluding hydrogens is 243 g/mol. The molecule has 1 atom stereocenters. The van der Waals surface area contributed by atoms with Crippen molar-refractivity contribution in [2.75, 3.05) is 13.2 Å². The lowest BCUT2D eigenvalue weighted by molar-refractivity contribution is 0.218. The molecule has 0 aromatic rings. The summed E-state index contributed by atoms with van der Waals surface area (Å²) in [7, 11) is -2.89. The molecule has 12 heavy (non-hydrogen) atoms. The van der Waals surface area contributed by atoms with Gasteiger partial charge in [0.05, 0.1) is 13.2 Å². The Hall–Kier alpha value is 0.630. The van der Waals surface area contributed by atoms with Crippen LogP contribution >= 0.6 is 23.5 Å². The van der Waals surface area contributed by atoms with Crippen LogP contribution in [0.2, 0.25) is 0 Å². The summed E-state index contributed by atoms with van der Waals surface area (Å²) in [5, 5.41) is 0. The third-order valence-electron chi connectivity index (χ3n) is 1.30. The van der Waals surface area contributed by atoms with E-state index in [0.29, 0.717) is 13.2 Å². The zero-order valence-electron chi connectivity index (χ0n) is 7.75. The highest BCUT2D eigenvalue weighted by molar-refractivity contribution is 9.10. The first-order valence-electron chi connectivity index (χ1n) is 4.13. The summed E-state index contributed by atoms with van der Waals surface area (Å²) in [5.74, 6) is 0. The molecule has 3 nitrogen and oxygen atoms in total. The van der Waals surface area contributed by atoms with E-state index in [1.165, 1.54) is 0 Å². The molecule has 0 aliphatic heterocycles. The Labute approximate surface area is 82.5 Å². The van der Waals surface area contributed by atoms with Gasteiger partial charge in [-0.3, -0.25) is 4.57 Å². The second kappa shape index (κ2) is 6.14. The maximum atomic E-state index is 11.9. The lowest BCUT2D eigenvalue weighted by Gasteiger charge is -2.20. The van der Waals surface area contributed by atoms with Crippen LogP contribution in [0.1, 0.15) is 27.2 Å². The first kappa shape index (κ1) is 12.6. The van der Waals surface area contributed by atoms with E-state index in [2.05, 4.69) is 15.9 Å². The van der Waals surface area contributed by atoms with Crippen molar-refractivity contribution >= 4 is 23.5 Å². The fraction of sp³-hybridized carbons (Fsp3) is 1.00. The van der Waals surface area contributed by atoms with Gasteiger partial charge in [0.2, 0.25) is 0 Å². The molecule has 0 aliphatic rings. The molecule has 74 valence electrons. The quantitative estimate of drug-likeness (QED) is 0.541. The van der Waals surface area contributed by atoms with Crippen LogP contribution in [0.3, 0.4) is 0 Å². The highest BCUT2D eigenvalue weighted by Gasteiger charge is 2.31. The smallest absolute Gasteiger partial charge is 0.308 e. The van der Waals surface area contributed by atoms with Crippen LogP contribution in [0.15, 0.2) is 0 Å². The minimum absolute atomic E-state index is 0.190. The fourth-order valence-corrected chi connectivity index (χ4v) is 3.06. The van der Waals surface area contributed by atoms with E-state index in [-0.39, 0.29) is 4.57 Å². The Morgan fingerprint density at radius 2 is 1.67 bits per heavy atom. The van der Waals surface area contributed by atoms with E-state index in [1.54, 1.807) is 13.8 Å². The highest BCUT2D eigenvalue weighted by Crippen LogP contribution is 2.56. The van der Waals surface area contributed by atoms with Gasteiger partial charge in [-0.1, -0.05) is 22.9 Å². The predicted octanol–water partition coefficient (Wildman–Crippen LogP) is 3.38. The molecule has 0 rings (SSSR count). The summed E-state index contributed by atoms with van der Waals surface area (Å²) in [6.45, 7) is 6.38. The zero-order valence-corrected chi connectivity index (χ0v) is 10.2. The average molecular weight is 259 g/mol. The Morgan fingerprint density at radius 1 is 1.25 bits per heavy atom. The van der Waals surface area contributed by atoms with Crippen LogP contribution in [-0.4, -0.2) is 17.8 Å². The summed E-state index contributed by atoms with van der Waals surface area (Å²) < 4.78 is 21.9. The van der Waals surface area contributed by atoms with Gasteiger partial charge in [-0.25, -0.2) is 0 Å². The highest BCUT2D eigenvalue weighted by atomic mass is 79.9. The summed E-state index contributed by atoms with van der Waals surface area (Å²) in [5.41, 5.74) is 0. The Kier molecular flexibility index (Phi) is 6.46. The van der Waals surface area contributed by atoms with E-state index in [1.807, 2.05) is 6.92 Å². The van der Waals surface area contributed by atoms with Crippen LogP contribution in [0.25, 0.3) is 0 Å². The van der Waals surface area contributed by atoms with Gasteiger partial charge in [0.1, 0.15) is 4.57 Å². The molecule has 0 amide bonds. The molecule has 0 bridgehead atoms. The molecular formula is C7H16BrO3P. The molecule has 0 N–H and O–H groups in total. The van der Waals surface area contributed by atoms with Gasteiger partial charge in [-0.2, -0.15) is 0 Å². The molecule has 0 radical (unpaired) electrons. The fourth-order valence-electron chi connectivity index (χ4n) is 0.783. The normalized spacial score (nSPS) is 14.7. The maximum absolute atomic E-state index is 11.9. The molecule has 0 saturated heterocycles. The van der Waals surface area contributed by atoms with E-state index in [4.69, 9.17) is 9.05 Å². The number of halogens is 1. The topological polar surface area (TPSA) is 35.5 Å². The molecule has 0 aliphatic carbocycles. The van der Waals surface area contributed by atoms with E-state index in [0.717, 1.165) is 6.42 Å². The van der Waals surface area contributed by atoms with E-state index >= 15 is 0 Å². The van der Waals surface area contributed by atoms with Gasteiger partial charge >= 0.3 is 7.60 Å². The van der Waals surface area contributed by atoms with Crippen molar-refractivity contribution in [1.82, 2.24) is 0 Å². The molecule has 1 unspecified atom stereocenters. The molecule has 0 aromatic heterocycles. The van der Waals surface area contributed by atoms with Crippen molar-refractivity contribution in [2.24, 2.45) is 0 Å². The van der Waals surface area contributed by atoms with E-state index < -0.39 is 7.60 Å². The SMILES string of the molecule is CCOP(=O)(OCC)C(Br)CC. The zero-order chi connectivity index (χ0) is 9.61. The first-order valence-corrected chi connectivity index (χ1v) is 6.66. The third kappa shape index (κ3) is 3.56. The second-order valence-corrected chi connectivity index (χ2v) is 6.25. The standard InChI is InChI=1S/C7H16BrO3P/c1-4-7(8)12(9,10-5-2)11-6-3/h7H,4-6H2,1-3H3. The summed E-state index contributed by atoms with van der Waals surface area (Å²) in [6, 6.07) is 0. The largest absolute Gasteiger partial charge is 0.344 e. The Bertz CT molecular complexity index is 153. The minimum atomic E-state index is -2.89. The summed E-state index contributed by atoms with van der Waals surface area (Å²) in [4.78, 5) is 0. The van der Waals surface area contributed by atoms with Crippen LogP contribution in [0.4, 0.5) is 0 Å². The molecule has 0 saturated carbocycles. The van der Waals surface area contributed by atoms with Crippen LogP contribution in [0.5, 0.6) is 0 Å². The molecule has 0 spiro atoms. The molecule has 0 aromatic carbocycles. The average Bonchev–Trinajstić information content (AvgIpc) is 2.04. The van der Waals surface area contributed by atoms with Crippen LogP contribution in [-0.2, 0) is 13.6 Å². The number of rotatable bonds is 6. The van der Waals surface area contributed by atoms with Crippen molar-refractivity contribution in [3.8, 4) is 0 Å². The third-order valence-corrected chi connectivity index (χ3v) is 5.74. The monoisotopic (exact) mass is 258 g/mol. The van der Waals surface area contributed by atoms with Gasteiger partial charge in [0.25, 0.3) is 0 Å². The Morgan fingerprint density at radius 3 is 1.92 bits per heavy atom. The van der Waals surface area contributed by atoms with Crippen molar-refractivity contribution in [3.63, 3.8) is 0 Å². The van der Waals surface area contributed by atoms with E-state index in [9.17, 15) is 4.57 Å². The predicted molar refractivity (Wildman–Crippen MR) is 53.9 cm³/mol. The molecule has 5 heteroatoms. The lowest BCUT2D eigenvalue weighted by Crippen LogP contribution is -2.05. The van der Waals surface area contributed by atoms with Gasteiger partial charge in [0, 0.05) is 0 Å². The van der Waals surface area contributed by atoms with Crippen LogP contribution < -0.4 is 0 Å². The van der Waals surface area contributed by atoms with Gasteiger partial charge in [-0.05, 0) is 20.3 Å². The maximum Gasteiger partial charge on any atom is 0.344 e. The summed E-state index contributed by atoms with van der Waals surface area (Å²) >= 11 is 3.29.